The van der Waals surface area contributed by atoms with Gasteiger partial charge in [-0.2, -0.15) is 0 Å². The number of nitrogen functional groups attached to an aromatic ring is 1. The van der Waals surface area contributed by atoms with Crippen molar-refractivity contribution in [1.29, 1.82) is 0 Å². The van der Waals surface area contributed by atoms with Gasteiger partial charge in [0, 0.05) is 29.0 Å². The number of hydrogen-bond acceptors (Lipinski definition) is 4. The molecule has 106 valence electrons. The number of sulfonamides is 1. The third-order valence-corrected chi connectivity index (χ3v) is 5.15. The second-order valence-electron chi connectivity index (χ2n) is 3.63. The molecule has 1 aromatic rings. The van der Waals surface area contributed by atoms with E-state index in [1.54, 1.807) is 6.07 Å². The Bertz CT molecular complexity index is 567. The molecule has 1 aromatic carbocycles. The van der Waals surface area contributed by atoms with Gasteiger partial charge >= 0.3 is 0 Å². The summed E-state index contributed by atoms with van der Waals surface area (Å²) in [5, 5.41) is 2.41. The summed E-state index contributed by atoms with van der Waals surface area (Å²) in [5.74, 6) is -0.245. The first-order chi connectivity index (χ1) is 8.77. The van der Waals surface area contributed by atoms with Gasteiger partial charge < -0.3 is 11.1 Å². The molecule has 9 heteroatoms. The molecule has 0 fully saturated rings. The second kappa shape index (κ2) is 6.69. The van der Waals surface area contributed by atoms with E-state index in [9.17, 15) is 13.2 Å². The summed E-state index contributed by atoms with van der Waals surface area (Å²) in [4.78, 5) is 11.0. The van der Waals surface area contributed by atoms with E-state index in [1.807, 2.05) is 0 Å². The average molecular weight is 415 g/mol. The minimum absolute atomic E-state index is 0.00392. The molecule has 0 unspecified atom stereocenters. The maximum Gasteiger partial charge on any atom is 0.243 e. The molecule has 1 amide bonds. The highest BCUT2D eigenvalue weighted by molar-refractivity contribution is 9.11. The van der Waals surface area contributed by atoms with E-state index in [4.69, 9.17) is 5.73 Å². The number of benzene rings is 1. The summed E-state index contributed by atoms with van der Waals surface area (Å²) < 4.78 is 27.5. The van der Waals surface area contributed by atoms with Crippen LogP contribution in [-0.4, -0.2) is 27.9 Å². The Balaban J connectivity index is 2.92. The number of anilines is 1. The van der Waals surface area contributed by atoms with Crippen molar-refractivity contribution in [3.63, 3.8) is 0 Å². The van der Waals surface area contributed by atoms with E-state index < -0.39 is 10.0 Å². The number of nitrogens with one attached hydrogen (secondary N) is 2. The molecular formula is C10H13Br2N3O3S. The van der Waals surface area contributed by atoms with Crippen LogP contribution in [-0.2, 0) is 14.8 Å². The Morgan fingerprint density at radius 2 is 2.00 bits per heavy atom. The van der Waals surface area contributed by atoms with Gasteiger partial charge in [-0.25, -0.2) is 13.1 Å². The summed E-state index contributed by atoms with van der Waals surface area (Å²) in [7, 11) is -2.28. The van der Waals surface area contributed by atoms with Gasteiger partial charge in [0.25, 0.3) is 0 Å². The Hall–Kier alpha value is -0.640. The molecule has 19 heavy (non-hydrogen) atoms. The second-order valence-corrected chi connectivity index (χ2v) is 7.10. The third kappa shape index (κ3) is 4.44. The molecule has 0 saturated carbocycles. The van der Waals surface area contributed by atoms with Gasteiger partial charge in [0.05, 0.1) is 5.69 Å². The molecule has 4 N–H and O–H groups in total. The highest BCUT2D eigenvalue weighted by atomic mass is 79.9. The largest absolute Gasteiger partial charge is 0.398 e. The Morgan fingerprint density at radius 3 is 2.53 bits per heavy atom. The first-order valence-electron chi connectivity index (χ1n) is 5.22. The summed E-state index contributed by atoms with van der Waals surface area (Å²) >= 11 is 6.38. The van der Waals surface area contributed by atoms with E-state index in [0.717, 1.165) is 0 Å². The van der Waals surface area contributed by atoms with Crippen LogP contribution in [0.3, 0.4) is 0 Å². The van der Waals surface area contributed by atoms with Gasteiger partial charge in [-0.15, -0.1) is 0 Å². The fourth-order valence-electron chi connectivity index (χ4n) is 1.36. The fourth-order valence-corrected chi connectivity index (χ4v) is 4.46. The molecule has 0 aliphatic rings. The van der Waals surface area contributed by atoms with Gasteiger partial charge in [-0.1, -0.05) is 15.9 Å². The van der Waals surface area contributed by atoms with Crippen LogP contribution in [0.5, 0.6) is 0 Å². The monoisotopic (exact) mass is 413 g/mol. The lowest BCUT2D eigenvalue weighted by Crippen LogP contribution is -2.30. The molecule has 6 nitrogen and oxygen atoms in total. The fraction of sp³-hybridized carbons (Fsp3) is 0.300. The van der Waals surface area contributed by atoms with Gasteiger partial charge in [-0.05, 0) is 28.1 Å². The Labute approximate surface area is 128 Å². The molecule has 0 bridgehead atoms. The van der Waals surface area contributed by atoms with Crippen molar-refractivity contribution in [1.82, 2.24) is 10.0 Å². The highest BCUT2D eigenvalue weighted by Crippen LogP contribution is 2.31. The smallest absolute Gasteiger partial charge is 0.243 e. The van der Waals surface area contributed by atoms with Crippen molar-refractivity contribution < 1.29 is 13.2 Å². The van der Waals surface area contributed by atoms with E-state index in [0.29, 0.717) is 8.95 Å². The number of nitrogens with two attached hydrogens (primary N) is 1. The predicted molar refractivity (Wildman–Crippen MR) is 80.1 cm³/mol. The average Bonchev–Trinajstić information content (AvgIpc) is 2.26. The zero-order valence-corrected chi connectivity index (χ0v) is 14.0. The van der Waals surface area contributed by atoms with Crippen molar-refractivity contribution in [2.24, 2.45) is 0 Å². The molecule has 0 atom stereocenters. The lowest BCUT2D eigenvalue weighted by atomic mass is 10.3. The van der Waals surface area contributed by atoms with Crippen molar-refractivity contribution >= 4 is 53.5 Å². The van der Waals surface area contributed by atoms with Crippen molar-refractivity contribution in [3.8, 4) is 0 Å². The molecule has 1 rings (SSSR count). The zero-order valence-electron chi connectivity index (χ0n) is 10.0. The van der Waals surface area contributed by atoms with Crippen LogP contribution < -0.4 is 15.8 Å². The van der Waals surface area contributed by atoms with Gasteiger partial charge in [0.1, 0.15) is 4.90 Å². The van der Waals surface area contributed by atoms with Crippen LogP contribution in [0.15, 0.2) is 26.0 Å². The maximum absolute atomic E-state index is 12.1. The highest BCUT2D eigenvalue weighted by Gasteiger charge is 2.21. The Morgan fingerprint density at radius 1 is 1.37 bits per heavy atom. The van der Waals surface area contributed by atoms with Crippen molar-refractivity contribution in [2.45, 2.75) is 11.3 Å². The number of rotatable bonds is 5. The lowest BCUT2D eigenvalue weighted by Gasteiger charge is -2.11. The van der Waals surface area contributed by atoms with E-state index in [-0.39, 0.29) is 29.5 Å². The lowest BCUT2D eigenvalue weighted by molar-refractivity contribution is -0.120. The number of halogens is 2. The van der Waals surface area contributed by atoms with Crippen LogP contribution in [0.2, 0.25) is 0 Å². The van der Waals surface area contributed by atoms with E-state index in [1.165, 1.54) is 13.1 Å². The number of carbonyl (C=O) groups is 1. The van der Waals surface area contributed by atoms with Crippen LogP contribution >= 0.6 is 31.9 Å². The molecule has 0 radical (unpaired) electrons. The van der Waals surface area contributed by atoms with Gasteiger partial charge in [0.2, 0.25) is 15.9 Å². The van der Waals surface area contributed by atoms with E-state index >= 15 is 0 Å². The van der Waals surface area contributed by atoms with Crippen LogP contribution in [0.4, 0.5) is 5.69 Å². The normalized spacial score (nSPS) is 11.3. The molecule has 0 aliphatic carbocycles. The molecule has 0 aromatic heterocycles. The van der Waals surface area contributed by atoms with Gasteiger partial charge in [0.15, 0.2) is 0 Å². The number of carbonyl (C=O) groups excluding carboxylic acids is 1. The molecular weight excluding hydrogens is 402 g/mol. The van der Waals surface area contributed by atoms with Crippen LogP contribution in [0.1, 0.15) is 6.42 Å². The minimum atomic E-state index is -3.76. The van der Waals surface area contributed by atoms with Crippen LogP contribution in [0, 0.1) is 0 Å². The quantitative estimate of drug-likeness (QED) is 0.630. The molecule has 0 spiro atoms. The standard InChI is InChI=1S/C10H13Br2N3O3S/c1-14-9(16)2-3-15-19(17,18)10-7(12)4-6(11)5-8(10)13/h4-5,15H,2-3,13H2,1H3,(H,14,16). The summed E-state index contributed by atoms with van der Waals surface area (Å²) in [6, 6.07) is 3.09. The van der Waals surface area contributed by atoms with Gasteiger partial charge in [-0.3, -0.25) is 4.79 Å². The number of amides is 1. The zero-order chi connectivity index (χ0) is 14.6. The maximum atomic E-state index is 12.1. The first-order valence-corrected chi connectivity index (χ1v) is 8.29. The predicted octanol–water partition coefficient (Wildman–Crippen LogP) is 1.21. The molecule has 0 saturated heterocycles. The summed E-state index contributed by atoms with van der Waals surface area (Å²) in [6.45, 7) is 0.00392. The van der Waals surface area contributed by atoms with Crippen LogP contribution in [0.25, 0.3) is 0 Å². The topological polar surface area (TPSA) is 101 Å². The molecule has 0 heterocycles. The summed E-state index contributed by atoms with van der Waals surface area (Å²) in [6.07, 6.45) is 0.0593. The third-order valence-electron chi connectivity index (χ3n) is 2.23. The SMILES string of the molecule is CNC(=O)CCNS(=O)(=O)c1c(N)cc(Br)cc1Br. The molecule has 0 aliphatic heterocycles. The van der Waals surface area contributed by atoms with Crippen molar-refractivity contribution in [3.05, 3.63) is 21.1 Å². The van der Waals surface area contributed by atoms with E-state index in [2.05, 4.69) is 41.9 Å². The van der Waals surface area contributed by atoms with Crippen molar-refractivity contribution in [2.75, 3.05) is 19.3 Å². The Kier molecular flexibility index (Phi) is 5.78. The first kappa shape index (κ1) is 16.4. The summed E-state index contributed by atoms with van der Waals surface area (Å²) in [5.41, 5.74) is 5.83. The number of hydrogen-bond donors (Lipinski definition) is 3. The minimum Gasteiger partial charge on any atom is -0.398 e.